The van der Waals surface area contributed by atoms with Crippen LogP contribution in [0, 0.1) is 0 Å². The summed E-state index contributed by atoms with van der Waals surface area (Å²) in [6.45, 7) is 0.260. The van der Waals surface area contributed by atoms with Gasteiger partial charge in [0.05, 0.1) is 5.52 Å². The minimum Gasteiger partial charge on any atom is -0.454 e. The van der Waals surface area contributed by atoms with E-state index in [9.17, 15) is 0 Å². The quantitative estimate of drug-likeness (QED) is 0.620. The Balaban J connectivity index is 2.19. The molecule has 17 heavy (non-hydrogen) atoms. The Bertz CT molecular complexity index is 753. The predicted octanol–water partition coefficient (Wildman–Crippen LogP) is 2.49. The predicted molar refractivity (Wildman–Crippen MR) is 62.5 cm³/mol. The summed E-state index contributed by atoms with van der Waals surface area (Å²) in [6.07, 6.45) is 1.45. The molecule has 6 heteroatoms. The maximum absolute atomic E-state index is 6.01. The zero-order valence-electron chi connectivity index (χ0n) is 8.53. The zero-order valence-corrected chi connectivity index (χ0v) is 9.28. The topological polar surface area (TPSA) is 60.0 Å². The number of H-pyrrole nitrogens is 1. The molecule has 0 bridgehead atoms. The molecule has 0 amide bonds. The van der Waals surface area contributed by atoms with Crippen LogP contribution in [0.3, 0.4) is 0 Å². The van der Waals surface area contributed by atoms with Crippen LogP contribution in [0.15, 0.2) is 18.5 Å². The van der Waals surface area contributed by atoms with Crippen molar-refractivity contribution in [3.63, 3.8) is 0 Å². The zero-order chi connectivity index (χ0) is 11.4. The third-order valence-corrected chi connectivity index (χ3v) is 3.12. The molecule has 1 aliphatic heterocycles. The van der Waals surface area contributed by atoms with Gasteiger partial charge in [-0.2, -0.15) is 0 Å². The monoisotopic (exact) mass is 247 g/mol. The minimum atomic E-state index is 0.260. The van der Waals surface area contributed by atoms with E-state index in [1.807, 2.05) is 12.1 Å². The lowest BCUT2D eigenvalue weighted by molar-refractivity contribution is 0.174. The Kier molecular flexibility index (Phi) is 1.61. The Morgan fingerprint density at radius 1 is 1.18 bits per heavy atom. The molecule has 0 unspecified atom stereocenters. The first kappa shape index (κ1) is 9.07. The molecular formula is C11H6ClN3O2. The van der Waals surface area contributed by atoms with Crippen molar-refractivity contribution in [1.29, 1.82) is 0 Å². The summed E-state index contributed by atoms with van der Waals surface area (Å²) in [5.74, 6) is 1.46. The first-order chi connectivity index (χ1) is 8.33. The molecule has 3 heterocycles. The SMILES string of the molecule is Clc1ncnc2c1[nH]c1cc3c(cc12)OCO3. The highest BCUT2D eigenvalue weighted by molar-refractivity contribution is 6.34. The molecular weight excluding hydrogens is 242 g/mol. The highest BCUT2D eigenvalue weighted by Crippen LogP contribution is 2.38. The molecule has 5 nitrogen and oxygen atoms in total. The molecule has 0 fully saturated rings. The van der Waals surface area contributed by atoms with Crippen LogP contribution in [0.5, 0.6) is 11.5 Å². The van der Waals surface area contributed by atoms with Crippen LogP contribution in [-0.4, -0.2) is 21.7 Å². The van der Waals surface area contributed by atoms with E-state index in [-0.39, 0.29) is 6.79 Å². The number of hydrogen-bond acceptors (Lipinski definition) is 4. The molecule has 84 valence electrons. The second-order valence-electron chi connectivity index (χ2n) is 3.76. The average molecular weight is 248 g/mol. The smallest absolute Gasteiger partial charge is 0.231 e. The van der Waals surface area contributed by atoms with E-state index in [1.54, 1.807) is 0 Å². The van der Waals surface area contributed by atoms with Crippen molar-refractivity contribution in [2.24, 2.45) is 0 Å². The van der Waals surface area contributed by atoms with Crippen molar-refractivity contribution < 1.29 is 9.47 Å². The number of nitrogens with one attached hydrogen (secondary N) is 1. The molecule has 3 aromatic rings. The lowest BCUT2D eigenvalue weighted by atomic mass is 10.2. The van der Waals surface area contributed by atoms with Gasteiger partial charge in [-0.25, -0.2) is 9.97 Å². The standard InChI is InChI=1S/C11H6ClN3O2/c12-11-10-9(13-3-14-11)5-1-7-8(17-4-16-7)2-6(5)15-10/h1-3,15H,4H2. The number of rotatable bonds is 0. The van der Waals surface area contributed by atoms with Crippen molar-refractivity contribution in [1.82, 2.24) is 15.0 Å². The third-order valence-electron chi connectivity index (χ3n) is 2.83. The summed E-state index contributed by atoms with van der Waals surface area (Å²) in [4.78, 5) is 11.4. The molecule has 0 aliphatic carbocycles. The summed E-state index contributed by atoms with van der Waals surface area (Å²) in [7, 11) is 0. The summed E-state index contributed by atoms with van der Waals surface area (Å²) < 4.78 is 10.7. The lowest BCUT2D eigenvalue weighted by Gasteiger charge is -1.95. The molecule has 1 aromatic carbocycles. The Hall–Kier alpha value is -2.01. The molecule has 0 saturated carbocycles. The second kappa shape index (κ2) is 3.01. The normalized spacial score (nSPS) is 13.7. The van der Waals surface area contributed by atoms with Gasteiger partial charge in [-0.3, -0.25) is 0 Å². The third kappa shape index (κ3) is 1.14. The summed E-state index contributed by atoms with van der Waals surface area (Å²) in [5, 5.41) is 1.36. The van der Waals surface area contributed by atoms with Gasteiger partial charge >= 0.3 is 0 Å². The van der Waals surface area contributed by atoms with E-state index >= 15 is 0 Å². The Morgan fingerprint density at radius 2 is 2.00 bits per heavy atom. The number of halogens is 1. The summed E-state index contributed by atoms with van der Waals surface area (Å²) in [6, 6.07) is 3.79. The molecule has 0 spiro atoms. The second-order valence-corrected chi connectivity index (χ2v) is 4.12. The number of hydrogen-bond donors (Lipinski definition) is 1. The van der Waals surface area contributed by atoms with Gasteiger partial charge in [0.25, 0.3) is 0 Å². The van der Waals surface area contributed by atoms with Crippen LogP contribution in [-0.2, 0) is 0 Å². The van der Waals surface area contributed by atoms with Gasteiger partial charge in [-0.15, -0.1) is 0 Å². The van der Waals surface area contributed by atoms with Gasteiger partial charge in [-0.1, -0.05) is 11.6 Å². The van der Waals surface area contributed by atoms with Crippen LogP contribution in [0.1, 0.15) is 0 Å². The Morgan fingerprint density at radius 3 is 2.88 bits per heavy atom. The number of fused-ring (bicyclic) bond motifs is 4. The Labute approximate surface area is 100 Å². The fourth-order valence-corrected chi connectivity index (χ4v) is 2.24. The lowest BCUT2D eigenvalue weighted by Crippen LogP contribution is -1.92. The van der Waals surface area contributed by atoms with Crippen LogP contribution in [0.25, 0.3) is 21.9 Å². The largest absolute Gasteiger partial charge is 0.454 e. The molecule has 2 aromatic heterocycles. The molecule has 4 rings (SSSR count). The van der Waals surface area contributed by atoms with E-state index in [0.717, 1.165) is 33.4 Å². The van der Waals surface area contributed by atoms with Gasteiger partial charge in [0.2, 0.25) is 6.79 Å². The summed E-state index contributed by atoms with van der Waals surface area (Å²) in [5.41, 5.74) is 2.43. The minimum absolute atomic E-state index is 0.260. The number of aromatic amines is 1. The number of ether oxygens (including phenoxy) is 2. The van der Waals surface area contributed by atoms with E-state index in [2.05, 4.69) is 15.0 Å². The maximum atomic E-state index is 6.01. The van der Waals surface area contributed by atoms with Gasteiger partial charge in [0, 0.05) is 11.5 Å². The van der Waals surface area contributed by atoms with Crippen molar-refractivity contribution >= 4 is 33.5 Å². The van der Waals surface area contributed by atoms with Gasteiger partial charge in [0.1, 0.15) is 17.4 Å². The van der Waals surface area contributed by atoms with Gasteiger partial charge in [-0.05, 0) is 6.07 Å². The van der Waals surface area contributed by atoms with E-state index in [1.165, 1.54) is 6.33 Å². The number of benzene rings is 1. The first-order valence-electron chi connectivity index (χ1n) is 5.04. The first-order valence-corrected chi connectivity index (χ1v) is 5.42. The molecule has 0 saturated heterocycles. The highest BCUT2D eigenvalue weighted by atomic mass is 35.5. The van der Waals surface area contributed by atoms with E-state index < -0.39 is 0 Å². The molecule has 1 N–H and O–H groups in total. The molecule has 0 atom stereocenters. The fourth-order valence-electron chi connectivity index (χ4n) is 2.06. The molecule has 0 radical (unpaired) electrons. The van der Waals surface area contributed by atoms with Gasteiger partial charge in [0.15, 0.2) is 16.7 Å². The van der Waals surface area contributed by atoms with Gasteiger partial charge < -0.3 is 14.5 Å². The van der Waals surface area contributed by atoms with Crippen LogP contribution in [0.2, 0.25) is 5.15 Å². The van der Waals surface area contributed by atoms with Crippen molar-refractivity contribution in [2.45, 2.75) is 0 Å². The average Bonchev–Trinajstić information content (AvgIpc) is 2.90. The van der Waals surface area contributed by atoms with Crippen molar-refractivity contribution in [2.75, 3.05) is 6.79 Å². The summed E-state index contributed by atoms with van der Waals surface area (Å²) >= 11 is 6.01. The van der Waals surface area contributed by atoms with Crippen LogP contribution < -0.4 is 9.47 Å². The van der Waals surface area contributed by atoms with Crippen LogP contribution >= 0.6 is 11.6 Å². The van der Waals surface area contributed by atoms with Crippen molar-refractivity contribution in [3.8, 4) is 11.5 Å². The van der Waals surface area contributed by atoms with Crippen molar-refractivity contribution in [3.05, 3.63) is 23.6 Å². The number of aromatic nitrogens is 3. The maximum Gasteiger partial charge on any atom is 0.231 e. The number of nitrogens with zero attached hydrogens (tertiary/aromatic N) is 2. The van der Waals surface area contributed by atoms with E-state index in [4.69, 9.17) is 21.1 Å². The van der Waals surface area contributed by atoms with E-state index in [0.29, 0.717) is 5.15 Å². The highest BCUT2D eigenvalue weighted by Gasteiger charge is 2.17. The van der Waals surface area contributed by atoms with Crippen LogP contribution in [0.4, 0.5) is 0 Å². The molecule has 1 aliphatic rings. The fraction of sp³-hybridized carbons (Fsp3) is 0.0909.